The number of sulfonamides is 1. The van der Waals surface area contributed by atoms with Crippen molar-refractivity contribution in [3.63, 3.8) is 0 Å². The fourth-order valence-electron chi connectivity index (χ4n) is 4.58. The molecule has 2 aliphatic carbocycles. The lowest BCUT2D eigenvalue weighted by molar-refractivity contribution is 0.0905. The molecular formula is C19H30N4O4S. The van der Waals surface area contributed by atoms with Gasteiger partial charge in [0.2, 0.25) is 10.0 Å². The van der Waals surface area contributed by atoms with Crippen molar-refractivity contribution in [3.8, 4) is 0 Å². The molecule has 0 aromatic carbocycles. The van der Waals surface area contributed by atoms with Gasteiger partial charge in [0.15, 0.2) is 5.69 Å². The van der Waals surface area contributed by atoms with Gasteiger partial charge in [-0.3, -0.25) is 4.79 Å². The number of piperidine rings is 1. The van der Waals surface area contributed by atoms with Gasteiger partial charge >= 0.3 is 0 Å². The second kappa shape index (κ2) is 7.76. The maximum Gasteiger partial charge on any atom is 0.273 e. The molecule has 9 heteroatoms. The van der Waals surface area contributed by atoms with E-state index in [4.69, 9.17) is 10.3 Å². The first-order valence-electron chi connectivity index (χ1n) is 10.4. The summed E-state index contributed by atoms with van der Waals surface area (Å²) in [5.41, 5.74) is 6.03. The fourth-order valence-corrected chi connectivity index (χ4v) is 6.86. The van der Waals surface area contributed by atoms with Crippen LogP contribution >= 0.6 is 0 Å². The summed E-state index contributed by atoms with van der Waals surface area (Å²) in [6, 6.07) is 1.53. The van der Waals surface area contributed by atoms with Crippen LogP contribution in [-0.4, -0.2) is 54.2 Å². The summed E-state index contributed by atoms with van der Waals surface area (Å²) in [6.07, 6.45) is 5.64. The van der Waals surface area contributed by atoms with Gasteiger partial charge in [0, 0.05) is 30.6 Å². The maximum atomic E-state index is 13.1. The molecule has 1 aromatic heterocycles. The average molecular weight is 411 g/mol. The molecule has 0 radical (unpaired) electrons. The van der Waals surface area contributed by atoms with Crippen molar-refractivity contribution in [1.29, 1.82) is 0 Å². The van der Waals surface area contributed by atoms with E-state index < -0.39 is 10.0 Å². The minimum atomic E-state index is -3.32. The van der Waals surface area contributed by atoms with E-state index >= 15 is 0 Å². The summed E-state index contributed by atoms with van der Waals surface area (Å²) in [5.74, 6) is 1.27. The van der Waals surface area contributed by atoms with E-state index in [1.807, 2.05) is 6.92 Å². The van der Waals surface area contributed by atoms with Gasteiger partial charge in [-0.05, 0) is 64.3 Å². The molecule has 1 saturated heterocycles. The van der Waals surface area contributed by atoms with Gasteiger partial charge in [-0.1, -0.05) is 5.16 Å². The molecule has 4 atom stereocenters. The van der Waals surface area contributed by atoms with Crippen molar-refractivity contribution >= 4 is 15.9 Å². The Labute approximate surface area is 166 Å². The summed E-state index contributed by atoms with van der Waals surface area (Å²) in [7, 11) is -3.32. The summed E-state index contributed by atoms with van der Waals surface area (Å²) in [6.45, 7) is 2.91. The van der Waals surface area contributed by atoms with Crippen molar-refractivity contribution in [3.05, 3.63) is 17.5 Å². The summed E-state index contributed by atoms with van der Waals surface area (Å²) < 4.78 is 33.0. The number of carbonyl (C=O) groups excluding carboxylic acids is 1. The van der Waals surface area contributed by atoms with Gasteiger partial charge in [-0.15, -0.1) is 0 Å². The van der Waals surface area contributed by atoms with Crippen LogP contribution in [0.2, 0.25) is 0 Å². The number of rotatable bonds is 6. The molecule has 8 nitrogen and oxygen atoms in total. The zero-order valence-electron chi connectivity index (χ0n) is 16.3. The van der Waals surface area contributed by atoms with Crippen molar-refractivity contribution in [2.45, 2.75) is 75.1 Å². The van der Waals surface area contributed by atoms with Gasteiger partial charge in [0.25, 0.3) is 5.91 Å². The lowest BCUT2D eigenvalue weighted by Crippen LogP contribution is -2.52. The first-order valence-corrected chi connectivity index (χ1v) is 11.9. The Balaban J connectivity index is 1.33. The van der Waals surface area contributed by atoms with Gasteiger partial charge in [-0.2, -0.15) is 4.31 Å². The smallest absolute Gasteiger partial charge is 0.273 e. The fraction of sp³-hybridized carbons (Fsp3) is 0.789. The monoisotopic (exact) mass is 410 g/mol. The number of nitrogens with one attached hydrogen (secondary N) is 1. The van der Waals surface area contributed by atoms with Crippen LogP contribution in [0.5, 0.6) is 0 Å². The number of carbonyl (C=O) groups is 1. The highest BCUT2D eigenvalue weighted by Gasteiger charge is 2.41. The van der Waals surface area contributed by atoms with Gasteiger partial charge in [0.05, 0.1) is 5.25 Å². The largest absolute Gasteiger partial charge is 0.360 e. The number of amides is 1. The van der Waals surface area contributed by atoms with Crippen molar-refractivity contribution in [2.75, 3.05) is 13.1 Å². The Hall–Kier alpha value is -1.45. The van der Waals surface area contributed by atoms with Crippen LogP contribution in [0, 0.1) is 5.92 Å². The zero-order valence-corrected chi connectivity index (χ0v) is 17.2. The highest BCUT2D eigenvalue weighted by atomic mass is 32.2. The van der Waals surface area contributed by atoms with E-state index in [1.165, 1.54) is 0 Å². The predicted octanol–water partition coefficient (Wildman–Crippen LogP) is 1.59. The molecule has 1 aliphatic heterocycles. The second-order valence-electron chi connectivity index (χ2n) is 8.63. The van der Waals surface area contributed by atoms with Crippen LogP contribution in [0.25, 0.3) is 0 Å². The van der Waals surface area contributed by atoms with E-state index in [0.717, 1.165) is 25.0 Å². The summed E-state index contributed by atoms with van der Waals surface area (Å²) in [4.78, 5) is 12.5. The molecule has 2 unspecified atom stereocenters. The van der Waals surface area contributed by atoms with E-state index in [2.05, 4.69) is 10.5 Å². The molecule has 28 heavy (non-hydrogen) atoms. The topological polar surface area (TPSA) is 119 Å². The summed E-state index contributed by atoms with van der Waals surface area (Å²) >= 11 is 0. The third kappa shape index (κ3) is 3.97. The van der Waals surface area contributed by atoms with E-state index in [-0.39, 0.29) is 23.2 Å². The predicted molar refractivity (Wildman–Crippen MR) is 104 cm³/mol. The normalized spacial score (nSPS) is 31.8. The Kier molecular flexibility index (Phi) is 5.50. The molecule has 3 aliphatic rings. The number of nitrogens with two attached hydrogens (primary N) is 1. The number of aromatic nitrogens is 1. The lowest BCUT2D eigenvalue weighted by atomic mass is 10.0. The van der Waals surface area contributed by atoms with Crippen LogP contribution in [0.3, 0.4) is 0 Å². The van der Waals surface area contributed by atoms with E-state index in [0.29, 0.717) is 56.3 Å². The summed E-state index contributed by atoms with van der Waals surface area (Å²) in [5, 5.41) is 6.56. The maximum absolute atomic E-state index is 13.1. The number of hydrogen-bond acceptors (Lipinski definition) is 6. The third-order valence-corrected chi connectivity index (χ3v) is 8.93. The van der Waals surface area contributed by atoms with Crippen LogP contribution in [0.1, 0.15) is 74.0 Å². The third-order valence-electron chi connectivity index (χ3n) is 6.47. The van der Waals surface area contributed by atoms with E-state index in [9.17, 15) is 13.2 Å². The second-order valence-corrected chi connectivity index (χ2v) is 10.8. The molecule has 156 valence electrons. The van der Waals surface area contributed by atoms with Crippen LogP contribution in [0.4, 0.5) is 0 Å². The van der Waals surface area contributed by atoms with Crippen molar-refractivity contribution < 1.29 is 17.7 Å². The van der Waals surface area contributed by atoms with Crippen LogP contribution in [-0.2, 0) is 10.0 Å². The first-order chi connectivity index (χ1) is 13.4. The van der Waals surface area contributed by atoms with E-state index in [1.54, 1.807) is 10.4 Å². The molecule has 3 fully saturated rings. The Morgan fingerprint density at radius 3 is 2.71 bits per heavy atom. The first kappa shape index (κ1) is 19.8. The Bertz CT molecular complexity index is 820. The minimum Gasteiger partial charge on any atom is -0.360 e. The molecular weight excluding hydrogens is 380 g/mol. The quantitative estimate of drug-likeness (QED) is 0.735. The van der Waals surface area contributed by atoms with Crippen molar-refractivity contribution in [1.82, 2.24) is 14.8 Å². The molecule has 0 bridgehead atoms. The standard InChI is InChI=1S/C19H30N4O4S/c1-12-8-15(21-19(24)17-10-18(27-22-17)14-3-4-14)6-7-23(12)28(25,26)16-5-2-13(9-16)11-20/h10,12-16H,2-9,11,20H2,1H3,(H,21,24)/t12-,13?,15-,16?/m0/s1. The van der Waals surface area contributed by atoms with Crippen LogP contribution < -0.4 is 11.1 Å². The minimum absolute atomic E-state index is 0.0598. The Morgan fingerprint density at radius 1 is 1.29 bits per heavy atom. The SMILES string of the molecule is C[C@H]1C[C@@H](NC(=O)c2cc(C3CC3)on2)CCN1S(=O)(=O)C1CCC(CN)C1. The molecule has 2 saturated carbocycles. The molecule has 3 N–H and O–H groups in total. The molecule has 2 heterocycles. The average Bonchev–Trinajstić information content (AvgIpc) is 3.20. The highest BCUT2D eigenvalue weighted by molar-refractivity contribution is 7.89. The molecule has 1 amide bonds. The molecule has 0 spiro atoms. The molecule has 1 aromatic rings. The molecule has 4 rings (SSSR count). The lowest BCUT2D eigenvalue weighted by Gasteiger charge is -2.38. The van der Waals surface area contributed by atoms with Gasteiger partial charge in [-0.25, -0.2) is 8.42 Å². The van der Waals surface area contributed by atoms with Gasteiger partial charge in [0.1, 0.15) is 5.76 Å². The van der Waals surface area contributed by atoms with Crippen molar-refractivity contribution in [2.24, 2.45) is 11.7 Å². The zero-order chi connectivity index (χ0) is 19.9. The van der Waals surface area contributed by atoms with Gasteiger partial charge < -0.3 is 15.6 Å². The Morgan fingerprint density at radius 2 is 2.07 bits per heavy atom. The number of hydrogen-bond donors (Lipinski definition) is 2. The van der Waals surface area contributed by atoms with Crippen LogP contribution in [0.15, 0.2) is 10.6 Å². The highest BCUT2D eigenvalue weighted by Crippen LogP contribution is 2.40. The number of nitrogens with zero attached hydrogens (tertiary/aromatic N) is 2.